The second kappa shape index (κ2) is 5.34. The molecule has 0 fully saturated rings. The van der Waals surface area contributed by atoms with Crippen molar-refractivity contribution in [2.75, 3.05) is 0 Å². The molecule has 0 unspecified atom stereocenters. The predicted octanol–water partition coefficient (Wildman–Crippen LogP) is 4.83. The fourth-order valence-electron chi connectivity index (χ4n) is 1.87. The molecule has 21 heavy (non-hydrogen) atoms. The van der Waals surface area contributed by atoms with E-state index in [0.717, 1.165) is 17.4 Å². The third kappa shape index (κ3) is 3.38. The Morgan fingerprint density at radius 3 is 2.10 bits per heavy atom. The zero-order valence-corrected chi connectivity index (χ0v) is 11.1. The van der Waals surface area contributed by atoms with Gasteiger partial charge in [-0.2, -0.15) is 26.3 Å². The molecule has 8 heteroatoms. The number of benzene rings is 1. The van der Waals surface area contributed by atoms with Gasteiger partial charge in [-0.25, -0.2) is 0 Å². The molecule has 1 aromatic carbocycles. The largest absolute Gasteiger partial charge is 0.416 e. The summed E-state index contributed by atoms with van der Waals surface area (Å²) >= 11 is 1.14. The van der Waals surface area contributed by atoms with Gasteiger partial charge in [-0.05, 0) is 29.1 Å². The van der Waals surface area contributed by atoms with Crippen LogP contribution in [0.15, 0.2) is 35.7 Å². The smallest absolute Gasteiger partial charge is 0.320 e. The van der Waals surface area contributed by atoms with Gasteiger partial charge >= 0.3 is 12.4 Å². The minimum absolute atomic E-state index is 0.100. The van der Waals surface area contributed by atoms with Crippen molar-refractivity contribution in [3.8, 4) is 0 Å². The summed E-state index contributed by atoms with van der Waals surface area (Å²) in [7, 11) is 0. The highest BCUT2D eigenvalue weighted by Gasteiger charge is 2.39. The monoisotopic (exact) mass is 325 g/mol. The van der Waals surface area contributed by atoms with Gasteiger partial charge in [0.25, 0.3) is 0 Å². The fourth-order valence-corrected chi connectivity index (χ4v) is 2.62. The zero-order chi connectivity index (χ0) is 15.8. The van der Waals surface area contributed by atoms with E-state index in [2.05, 4.69) is 0 Å². The van der Waals surface area contributed by atoms with Crippen LogP contribution in [0.3, 0.4) is 0 Å². The van der Waals surface area contributed by atoms with Crippen LogP contribution >= 0.6 is 11.3 Å². The molecular weight excluding hydrogens is 316 g/mol. The van der Waals surface area contributed by atoms with E-state index in [4.69, 9.17) is 5.73 Å². The third-order valence-corrected chi connectivity index (χ3v) is 3.83. The van der Waals surface area contributed by atoms with Crippen molar-refractivity contribution in [2.45, 2.75) is 18.4 Å². The Kier molecular flexibility index (Phi) is 4.03. The molecule has 2 aromatic rings. The molecule has 1 heterocycles. The van der Waals surface area contributed by atoms with E-state index in [-0.39, 0.29) is 11.6 Å². The summed E-state index contributed by atoms with van der Waals surface area (Å²) in [4.78, 5) is 0.445. The van der Waals surface area contributed by atoms with Crippen LogP contribution in [0.4, 0.5) is 26.3 Å². The van der Waals surface area contributed by atoms with E-state index < -0.39 is 29.5 Å². The second-order valence-corrected chi connectivity index (χ2v) is 5.27. The van der Waals surface area contributed by atoms with Crippen LogP contribution < -0.4 is 5.73 Å². The average Bonchev–Trinajstić information content (AvgIpc) is 2.89. The maximum atomic E-state index is 13.0. The van der Waals surface area contributed by atoms with Crippen molar-refractivity contribution in [1.82, 2.24) is 0 Å². The van der Waals surface area contributed by atoms with Crippen molar-refractivity contribution < 1.29 is 26.3 Å². The summed E-state index contributed by atoms with van der Waals surface area (Å²) in [6, 6.07) is 3.52. The molecule has 2 rings (SSSR count). The maximum absolute atomic E-state index is 13.0. The number of alkyl halides is 6. The Morgan fingerprint density at radius 1 is 0.952 bits per heavy atom. The SMILES string of the molecule is N[C@H](c1cccs1)c1ccc(C(F)(F)F)cc1C(F)(F)F. The molecule has 0 bridgehead atoms. The average molecular weight is 325 g/mol. The first-order valence-corrected chi connectivity index (χ1v) is 6.56. The summed E-state index contributed by atoms with van der Waals surface area (Å²) in [6.07, 6.45) is -9.75. The molecule has 0 aliphatic carbocycles. The maximum Gasteiger partial charge on any atom is 0.416 e. The van der Waals surface area contributed by atoms with Crippen LogP contribution in [0, 0.1) is 0 Å². The van der Waals surface area contributed by atoms with Crippen LogP contribution in [-0.4, -0.2) is 0 Å². The molecule has 0 saturated heterocycles. The number of hydrogen-bond donors (Lipinski definition) is 1. The fraction of sp³-hybridized carbons (Fsp3) is 0.231. The third-order valence-electron chi connectivity index (χ3n) is 2.87. The predicted molar refractivity (Wildman–Crippen MR) is 66.8 cm³/mol. The van der Waals surface area contributed by atoms with Crippen molar-refractivity contribution in [2.24, 2.45) is 5.73 Å². The van der Waals surface area contributed by atoms with E-state index in [9.17, 15) is 26.3 Å². The lowest BCUT2D eigenvalue weighted by molar-refractivity contribution is -0.143. The molecule has 0 saturated carbocycles. The van der Waals surface area contributed by atoms with E-state index in [1.165, 1.54) is 6.07 Å². The minimum atomic E-state index is -4.91. The second-order valence-electron chi connectivity index (χ2n) is 4.29. The molecule has 0 aliphatic heterocycles. The first-order chi connectivity index (χ1) is 9.60. The van der Waals surface area contributed by atoms with Crippen molar-refractivity contribution in [1.29, 1.82) is 0 Å². The van der Waals surface area contributed by atoms with E-state index in [1.807, 2.05) is 0 Å². The minimum Gasteiger partial charge on any atom is -0.320 e. The van der Waals surface area contributed by atoms with Gasteiger partial charge in [0.05, 0.1) is 17.2 Å². The summed E-state index contributed by atoms with van der Waals surface area (Å²) in [5, 5.41) is 1.63. The Bertz CT molecular complexity index is 615. The topological polar surface area (TPSA) is 26.0 Å². The lowest BCUT2D eigenvalue weighted by Gasteiger charge is -2.19. The van der Waals surface area contributed by atoms with Crippen molar-refractivity contribution >= 4 is 11.3 Å². The highest BCUT2D eigenvalue weighted by atomic mass is 32.1. The number of nitrogens with two attached hydrogens (primary N) is 1. The number of rotatable bonds is 2. The van der Waals surface area contributed by atoms with E-state index in [1.54, 1.807) is 11.4 Å². The van der Waals surface area contributed by atoms with E-state index >= 15 is 0 Å². The van der Waals surface area contributed by atoms with Gasteiger partial charge in [-0.1, -0.05) is 12.1 Å². The van der Waals surface area contributed by atoms with Crippen LogP contribution in [0.2, 0.25) is 0 Å². The molecule has 114 valence electrons. The number of thiophene rings is 1. The van der Waals surface area contributed by atoms with Gasteiger partial charge in [0.15, 0.2) is 0 Å². The Hall–Kier alpha value is -1.54. The van der Waals surface area contributed by atoms with Gasteiger partial charge < -0.3 is 5.73 Å². The van der Waals surface area contributed by atoms with Gasteiger partial charge in [-0.3, -0.25) is 0 Å². The molecular formula is C13H9F6NS. The Labute approximate surface area is 120 Å². The number of halogens is 6. The summed E-state index contributed by atoms with van der Waals surface area (Å²) < 4.78 is 76.7. The van der Waals surface area contributed by atoms with Crippen molar-refractivity contribution in [3.05, 3.63) is 57.3 Å². The molecule has 0 amide bonds. The highest BCUT2D eigenvalue weighted by Crippen LogP contribution is 2.40. The summed E-state index contributed by atoms with van der Waals surface area (Å²) in [6.45, 7) is 0. The molecule has 0 radical (unpaired) electrons. The lowest BCUT2D eigenvalue weighted by Crippen LogP contribution is -2.19. The van der Waals surface area contributed by atoms with Gasteiger partial charge in [-0.15, -0.1) is 11.3 Å². The zero-order valence-electron chi connectivity index (χ0n) is 10.3. The Morgan fingerprint density at radius 2 is 1.62 bits per heavy atom. The highest BCUT2D eigenvalue weighted by molar-refractivity contribution is 7.10. The Balaban J connectivity index is 2.56. The normalized spacial score (nSPS) is 14.2. The standard InChI is InChI=1S/C13H9F6NS/c14-12(15,16)7-3-4-8(9(6-7)13(17,18)19)11(20)10-2-1-5-21-10/h1-6,11H,20H2/t11-/m0/s1. The van der Waals surface area contributed by atoms with Crippen LogP contribution in [0.5, 0.6) is 0 Å². The van der Waals surface area contributed by atoms with Crippen LogP contribution in [0.25, 0.3) is 0 Å². The molecule has 1 nitrogen and oxygen atoms in total. The van der Waals surface area contributed by atoms with Crippen LogP contribution in [0.1, 0.15) is 27.6 Å². The molecule has 0 aliphatic rings. The first-order valence-electron chi connectivity index (χ1n) is 5.68. The lowest BCUT2D eigenvalue weighted by atomic mass is 9.97. The van der Waals surface area contributed by atoms with Gasteiger partial charge in [0.1, 0.15) is 0 Å². The molecule has 0 spiro atoms. The molecule has 1 atom stereocenters. The quantitative estimate of drug-likeness (QED) is 0.786. The van der Waals surface area contributed by atoms with Crippen LogP contribution in [-0.2, 0) is 12.4 Å². The summed E-state index contributed by atoms with van der Waals surface area (Å²) in [5.41, 5.74) is 2.66. The summed E-state index contributed by atoms with van der Waals surface area (Å²) in [5.74, 6) is 0. The van der Waals surface area contributed by atoms with E-state index in [0.29, 0.717) is 10.9 Å². The van der Waals surface area contributed by atoms with Gasteiger partial charge in [0.2, 0.25) is 0 Å². The molecule has 1 aromatic heterocycles. The number of hydrogen-bond acceptors (Lipinski definition) is 2. The van der Waals surface area contributed by atoms with Crippen molar-refractivity contribution in [3.63, 3.8) is 0 Å². The molecule has 2 N–H and O–H groups in total. The first kappa shape index (κ1) is 15.8. The van der Waals surface area contributed by atoms with Gasteiger partial charge in [0, 0.05) is 4.88 Å².